The number of carbonyl (C=O) groups excluding carboxylic acids is 1. The number of amides is 1. The van der Waals surface area contributed by atoms with Crippen molar-refractivity contribution in [2.24, 2.45) is 15.9 Å². The van der Waals surface area contributed by atoms with Gasteiger partial charge in [-0.3, -0.25) is 9.69 Å². The van der Waals surface area contributed by atoms with E-state index in [1.165, 1.54) is 5.56 Å². The van der Waals surface area contributed by atoms with E-state index < -0.39 is 0 Å². The van der Waals surface area contributed by atoms with Gasteiger partial charge in [-0.1, -0.05) is 30.3 Å². The molecule has 192 valence electrons. The third kappa shape index (κ3) is 4.78. The summed E-state index contributed by atoms with van der Waals surface area (Å²) < 4.78 is 11.6. The van der Waals surface area contributed by atoms with Gasteiger partial charge in [-0.15, -0.1) is 4.99 Å². The van der Waals surface area contributed by atoms with Gasteiger partial charge in [0, 0.05) is 57.2 Å². The first kappa shape index (κ1) is 23.6. The standard InChI is InChI=1S/C26H35N7O3/c34-24-23-22(21(18-27-24)17-20-5-2-1-3-6-20)19-33(12-4-7-31-8-13-35-14-9-31)26(28-23)29-25(30-33)32-10-15-36-16-11-32/h1-3,5-6,21H,4,7-19H2,(H-,27,28,29,30,34)/p+1. The molecule has 0 aliphatic carbocycles. The van der Waals surface area contributed by atoms with Crippen LogP contribution < -0.4 is 10.7 Å². The molecule has 0 saturated carbocycles. The molecule has 1 amide bonds. The van der Waals surface area contributed by atoms with Crippen LogP contribution in [0.2, 0.25) is 0 Å². The third-order valence-electron chi connectivity index (χ3n) is 7.83. The number of morpholine rings is 2. The molecular formula is C26H36N7O3+. The van der Waals surface area contributed by atoms with Crippen molar-refractivity contribution in [3.63, 3.8) is 0 Å². The van der Waals surface area contributed by atoms with Crippen LogP contribution in [0.25, 0.3) is 0 Å². The fourth-order valence-corrected chi connectivity index (χ4v) is 5.80. The van der Waals surface area contributed by atoms with Crippen molar-refractivity contribution in [1.29, 1.82) is 0 Å². The molecule has 1 aromatic rings. The van der Waals surface area contributed by atoms with Gasteiger partial charge in [-0.25, -0.2) is 0 Å². The Labute approximate surface area is 212 Å². The normalized spacial score (nSPS) is 28.6. The Morgan fingerprint density at radius 3 is 2.53 bits per heavy atom. The minimum Gasteiger partial charge on any atom is -0.379 e. The van der Waals surface area contributed by atoms with E-state index in [4.69, 9.17) is 19.5 Å². The lowest BCUT2D eigenvalue weighted by molar-refractivity contribution is -0.870. The Bertz CT molecular complexity index is 1060. The molecule has 2 atom stereocenters. The van der Waals surface area contributed by atoms with Crippen LogP contribution in [0.5, 0.6) is 0 Å². The molecule has 36 heavy (non-hydrogen) atoms. The van der Waals surface area contributed by atoms with Gasteiger partial charge in [-0.05, 0) is 12.0 Å². The molecule has 2 unspecified atom stereocenters. The largest absolute Gasteiger partial charge is 0.379 e. The number of guanidine groups is 2. The van der Waals surface area contributed by atoms with Gasteiger partial charge in [0.05, 0.1) is 26.4 Å². The Balaban J connectivity index is 1.27. The highest BCUT2D eigenvalue weighted by Crippen LogP contribution is 2.33. The van der Waals surface area contributed by atoms with Crippen LogP contribution in [0.3, 0.4) is 0 Å². The molecule has 5 heterocycles. The second-order valence-electron chi connectivity index (χ2n) is 10.2. The molecule has 10 heteroatoms. The van der Waals surface area contributed by atoms with Gasteiger partial charge in [0.15, 0.2) is 0 Å². The number of rotatable bonds is 6. The molecule has 2 N–H and O–H groups in total. The summed E-state index contributed by atoms with van der Waals surface area (Å²) in [5, 5.41) is 3.08. The van der Waals surface area contributed by atoms with Crippen LogP contribution in [-0.4, -0.2) is 111 Å². The van der Waals surface area contributed by atoms with Crippen LogP contribution in [0, 0.1) is 5.92 Å². The van der Waals surface area contributed by atoms with Crippen LogP contribution in [0.1, 0.15) is 12.0 Å². The number of quaternary nitrogens is 1. The number of ether oxygens (including phenoxy) is 2. The van der Waals surface area contributed by atoms with Crippen LogP contribution >= 0.6 is 0 Å². The minimum atomic E-state index is -0.0806. The fraction of sp³-hybridized carbons (Fsp3) is 0.577. The van der Waals surface area contributed by atoms with E-state index in [2.05, 4.69) is 44.8 Å². The first-order valence-corrected chi connectivity index (χ1v) is 13.2. The second-order valence-corrected chi connectivity index (χ2v) is 10.2. The van der Waals surface area contributed by atoms with Gasteiger partial charge < -0.3 is 19.7 Å². The van der Waals surface area contributed by atoms with Crippen LogP contribution in [-0.2, 0) is 20.7 Å². The van der Waals surface area contributed by atoms with Gasteiger partial charge >= 0.3 is 5.96 Å². The topological polar surface area (TPSA) is 90.8 Å². The van der Waals surface area contributed by atoms with Crippen molar-refractivity contribution in [1.82, 2.24) is 20.5 Å². The van der Waals surface area contributed by atoms with E-state index in [-0.39, 0.29) is 11.8 Å². The van der Waals surface area contributed by atoms with Crippen molar-refractivity contribution >= 4 is 17.8 Å². The highest BCUT2D eigenvalue weighted by atomic mass is 16.5. The van der Waals surface area contributed by atoms with Crippen molar-refractivity contribution in [3.05, 3.63) is 47.2 Å². The van der Waals surface area contributed by atoms with Crippen molar-refractivity contribution in [3.8, 4) is 0 Å². The Hall–Kier alpha value is -2.79. The Morgan fingerprint density at radius 1 is 1.00 bits per heavy atom. The maximum absolute atomic E-state index is 12.9. The maximum Gasteiger partial charge on any atom is 0.358 e. The first-order valence-electron chi connectivity index (χ1n) is 13.2. The molecule has 2 fully saturated rings. The third-order valence-corrected chi connectivity index (χ3v) is 7.83. The fourth-order valence-electron chi connectivity index (χ4n) is 5.80. The maximum atomic E-state index is 12.9. The van der Waals surface area contributed by atoms with Crippen LogP contribution in [0.15, 0.2) is 51.6 Å². The quantitative estimate of drug-likeness (QED) is 0.555. The summed E-state index contributed by atoms with van der Waals surface area (Å²) in [6.45, 7) is 9.81. The van der Waals surface area contributed by atoms with Gasteiger partial charge in [0.1, 0.15) is 18.8 Å². The molecule has 0 aromatic heterocycles. The van der Waals surface area contributed by atoms with Gasteiger partial charge in [0.25, 0.3) is 11.9 Å². The predicted molar refractivity (Wildman–Crippen MR) is 136 cm³/mol. The van der Waals surface area contributed by atoms with Crippen molar-refractivity contribution in [2.75, 3.05) is 78.8 Å². The molecule has 10 nitrogen and oxygen atoms in total. The Morgan fingerprint density at radius 2 is 1.75 bits per heavy atom. The highest BCUT2D eigenvalue weighted by Gasteiger charge is 2.50. The first-order chi connectivity index (χ1) is 17.7. The van der Waals surface area contributed by atoms with Gasteiger partial charge in [0.2, 0.25) is 0 Å². The number of nitrogens with zero attached hydrogens (tertiary/aromatic N) is 5. The number of nitrogens with one attached hydrogen (secondary N) is 2. The highest BCUT2D eigenvalue weighted by molar-refractivity contribution is 6.02. The van der Waals surface area contributed by atoms with Crippen molar-refractivity contribution < 1.29 is 18.9 Å². The molecule has 5 aliphatic rings. The number of benzene rings is 1. The zero-order valence-corrected chi connectivity index (χ0v) is 20.8. The zero-order valence-electron chi connectivity index (χ0n) is 20.8. The molecule has 0 spiro atoms. The lowest BCUT2D eigenvalue weighted by Gasteiger charge is -2.40. The molecule has 1 aromatic carbocycles. The molecule has 2 saturated heterocycles. The number of aliphatic imine (C=N–C) groups is 2. The number of hydrogen-bond donors (Lipinski definition) is 2. The average Bonchev–Trinajstić information content (AvgIpc) is 3.30. The van der Waals surface area contributed by atoms with E-state index in [9.17, 15) is 4.79 Å². The molecule has 0 radical (unpaired) electrons. The summed E-state index contributed by atoms with van der Waals surface area (Å²) in [5.41, 5.74) is 6.75. The molecule has 6 rings (SSSR count). The summed E-state index contributed by atoms with van der Waals surface area (Å²) >= 11 is 0. The predicted octanol–water partition coefficient (Wildman–Crippen LogP) is 0.344. The van der Waals surface area contributed by atoms with Gasteiger partial charge in [-0.2, -0.15) is 15.0 Å². The van der Waals surface area contributed by atoms with E-state index in [0.29, 0.717) is 42.6 Å². The Kier molecular flexibility index (Phi) is 6.75. The molecular weight excluding hydrogens is 458 g/mol. The lowest BCUT2D eigenvalue weighted by atomic mass is 9.86. The summed E-state index contributed by atoms with van der Waals surface area (Å²) in [7, 11) is 0. The SMILES string of the molecule is O=C1NCC(Cc2ccccc2)C2=C1N=C1N=C(N3CCOCC3)N[N+]1(CCCN1CCOCC1)C2. The summed E-state index contributed by atoms with van der Waals surface area (Å²) in [6.07, 6.45) is 1.89. The summed E-state index contributed by atoms with van der Waals surface area (Å²) in [6, 6.07) is 10.5. The monoisotopic (exact) mass is 494 g/mol. The molecule has 5 aliphatic heterocycles. The van der Waals surface area contributed by atoms with E-state index in [1.54, 1.807) is 0 Å². The van der Waals surface area contributed by atoms with E-state index in [0.717, 1.165) is 76.9 Å². The summed E-state index contributed by atoms with van der Waals surface area (Å²) in [4.78, 5) is 27.5. The van der Waals surface area contributed by atoms with Crippen LogP contribution in [0.4, 0.5) is 0 Å². The average molecular weight is 495 g/mol. The number of fused-ring (bicyclic) bond motifs is 1. The number of carbonyl (C=O) groups is 1. The van der Waals surface area contributed by atoms with E-state index in [1.807, 2.05) is 6.07 Å². The lowest BCUT2D eigenvalue weighted by Crippen LogP contribution is -2.65. The van der Waals surface area contributed by atoms with Crippen molar-refractivity contribution in [2.45, 2.75) is 12.8 Å². The number of hydrogen-bond acceptors (Lipinski definition) is 8. The zero-order chi connectivity index (χ0) is 24.4. The van der Waals surface area contributed by atoms with E-state index >= 15 is 0 Å². The minimum absolute atomic E-state index is 0.0806. The second kappa shape index (κ2) is 10.3. The summed E-state index contributed by atoms with van der Waals surface area (Å²) in [5.74, 6) is 1.69. The smallest absolute Gasteiger partial charge is 0.358 e. The molecule has 0 bridgehead atoms.